The molecule has 10 nitrogen and oxygen atoms in total. The highest BCUT2D eigenvalue weighted by molar-refractivity contribution is 6.03. The Labute approximate surface area is 184 Å². The maximum atomic E-state index is 12.4. The SMILES string of the molecule is COc1ccc(-c2noc(CCCC(=O)Nc3cc(OC)c(OC)cc3C(N)=O)n2)cc1. The molecule has 3 aromatic rings. The second-order valence-corrected chi connectivity index (χ2v) is 6.76. The number of anilines is 1. The molecule has 0 aliphatic rings. The van der Waals surface area contributed by atoms with Crippen LogP contribution < -0.4 is 25.3 Å². The summed E-state index contributed by atoms with van der Waals surface area (Å²) in [5, 5.41) is 6.66. The topological polar surface area (TPSA) is 139 Å². The van der Waals surface area contributed by atoms with Crippen LogP contribution in [0.25, 0.3) is 11.4 Å². The van der Waals surface area contributed by atoms with E-state index in [1.165, 1.54) is 26.4 Å². The molecule has 32 heavy (non-hydrogen) atoms. The highest BCUT2D eigenvalue weighted by Gasteiger charge is 2.17. The van der Waals surface area contributed by atoms with Crippen LogP contribution in [0.2, 0.25) is 0 Å². The number of carbonyl (C=O) groups excluding carboxylic acids is 2. The molecule has 2 amide bonds. The largest absolute Gasteiger partial charge is 0.497 e. The number of methoxy groups -OCH3 is 3. The molecule has 3 N–H and O–H groups in total. The zero-order valence-electron chi connectivity index (χ0n) is 18.0. The molecular weight excluding hydrogens is 416 g/mol. The Morgan fingerprint density at radius 2 is 1.72 bits per heavy atom. The summed E-state index contributed by atoms with van der Waals surface area (Å²) in [5.41, 5.74) is 6.60. The van der Waals surface area contributed by atoms with E-state index in [1.807, 2.05) is 24.3 Å². The van der Waals surface area contributed by atoms with Gasteiger partial charge < -0.3 is 29.8 Å². The van der Waals surface area contributed by atoms with Gasteiger partial charge in [0.15, 0.2) is 11.5 Å². The summed E-state index contributed by atoms with van der Waals surface area (Å²) in [6.07, 6.45) is 1.06. The molecule has 0 radical (unpaired) electrons. The molecule has 0 aliphatic carbocycles. The van der Waals surface area contributed by atoms with Crippen molar-refractivity contribution >= 4 is 17.5 Å². The molecule has 0 aliphatic heterocycles. The number of primary amides is 1. The number of amides is 2. The first-order chi connectivity index (χ1) is 15.4. The van der Waals surface area contributed by atoms with Crippen LogP contribution in [0, 0.1) is 0 Å². The van der Waals surface area contributed by atoms with Gasteiger partial charge in [-0.25, -0.2) is 0 Å². The summed E-state index contributed by atoms with van der Waals surface area (Å²) >= 11 is 0. The third-order valence-corrected chi connectivity index (χ3v) is 4.67. The molecule has 0 fully saturated rings. The summed E-state index contributed by atoms with van der Waals surface area (Å²) in [6.45, 7) is 0. The molecule has 0 bridgehead atoms. The molecular formula is C22H24N4O6. The molecule has 0 saturated carbocycles. The van der Waals surface area contributed by atoms with Gasteiger partial charge >= 0.3 is 0 Å². The number of hydrogen-bond donors (Lipinski definition) is 2. The first kappa shape index (κ1) is 22.6. The van der Waals surface area contributed by atoms with Crippen molar-refractivity contribution in [1.29, 1.82) is 0 Å². The van der Waals surface area contributed by atoms with Gasteiger partial charge in [0.25, 0.3) is 5.91 Å². The van der Waals surface area contributed by atoms with E-state index in [2.05, 4.69) is 15.5 Å². The quantitative estimate of drug-likeness (QED) is 0.491. The van der Waals surface area contributed by atoms with Crippen LogP contribution in [0.3, 0.4) is 0 Å². The van der Waals surface area contributed by atoms with Gasteiger partial charge in [0.05, 0.1) is 32.6 Å². The standard InChI is InChI=1S/C22H24N4O6/c1-29-14-9-7-13(8-10-14)22-25-20(32-26-22)6-4-5-19(27)24-16-12-18(31-3)17(30-2)11-15(16)21(23)28/h7-12H,4-6H2,1-3H3,(H2,23,28)(H,24,27). The predicted octanol–water partition coefficient (Wildman–Crippen LogP) is 2.82. The number of aryl methyl sites for hydroxylation is 1. The Morgan fingerprint density at radius 3 is 2.34 bits per heavy atom. The fraction of sp³-hybridized carbons (Fsp3) is 0.273. The van der Waals surface area contributed by atoms with Crippen LogP contribution in [-0.2, 0) is 11.2 Å². The van der Waals surface area contributed by atoms with Crippen LogP contribution in [0.4, 0.5) is 5.69 Å². The molecule has 2 aromatic carbocycles. The van der Waals surface area contributed by atoms with E-state index < -0.39 is 5.91 Å². The van der Waals surface area contributed by atoms with Crippen molar-refractivity contribution in [1.82, 2.24) is 10.1 Å². The molecule has 3 rings (SSSR count). The van der Waals surface area contributed by atoms with Gasteiger partial charge in [-0.3, -0.25) is 9.59 Å². The molecule has 1 aromatic heterocycles. The van der Waals surface area contributed by atoms with E-state index in [0.717, 1.165) is 11.3 Å². The van der Waals surface area contributed by atoms with E-state index in [-0.39, 0.29) is 23.6 Å². The lowest BCUT2D eigenvalue weighted by molar-refractivity contribution is -0.116. The number of hydrogen-bond acceptors (Lipinski definition) is 8. The fourth-order valence-electron chi connectivity index (χ4n) is 3.01. The lowest BCUT2D eigenvalue weighted by atomic mass is 10.1. The van der Waals surface area contributed by atoms with Gasteiger partial charge in [-0.2, -0.15) is 4.98 Å². The summed E-state index contributed by atoms with van der Waals surface area (Å²) < 4.78 is 20.8. The van der Waals surface area contributed by atoms with Crippen molar-refractivity contribution in [3.05, 3.63) is 47.9 Å². The summed E-state index contributed by atoms with van der Waals surface area (Å²) in [5.74, 6) is 1.33. The van der Waals surface area contributed by atoms with Gasteiger partial charge in [0, 0.05) is 24.5 Å². The predicted molar refractivity (Wildman–Crippen MR) is 116 cm³/mol. The Morgan fingerprint density at radius 1 is 1.03 bits per heavy atom. The summed E-state index contributed by atoms with van der Waals surface area (Å²) in [7, 11) is 4.49. The van der Waals surface area contributed by atoms with Gasteiger partial charge in [-0.15, -0.1) is 0 Å². The van der Waals surface area contributed by atoms with Gasteiger partial charge in [0.2, 0.25) is 17.6 Å². The maximum Gasteiger partial charge on any atom is 0.250 e. The monoisotopic (exact) mass is 440 g/mol. The highest BCUT2D eigenvalue weighted by atomic mass is 16.5. The van der Waals surface area contributed by atoms with E-state index in [4.69, 9.17) is 24.5 Å². The Hall–Kier alpha value is -4.08. The fourth-order valence-corrected chi connectivity index (χ4v) is 3.01. The second-order valence-electron chi connectivity index (χ2n) is 6.76. The van der Waals surface area contributed by atoms with Crippen molar-refractivity contribution in [3.8, 4) is 28.6 Å². The Kier molecular flexibility index (Phi) is 7.27. The average Bonchev–Trinajstić information content (AvgIpc) is 3.27. The molecule has 0 atom stereocenters. The number of aromatic nitrogens is 2. The number of nitrogens with two attached hydrogens (primary N) is 1. The third kappa shape index (κ3) is 5.34. The molecule has 0 saturated heterocycles. The molecule has 0 unspecified atom stereocenters. The second kappa shape index (κ2) is 10.3. The first-order valence-corrected chi connectivity index (χ1v) is 9.77. The van der Waals surface area contributed by atoms with Crippen LogP contribution in [0.5, 0.6) is 17.2 Å². The van der Waals surface area contributed by atoms with Crippen molar-refractivity contribution in [2.45, 2.75) is 19.3 Å². The summed E-state index contributed by atoms with van der Waals surface area (Å²) in [4.78, 5) is 28.5. The van der Waals surface area contributed by atoms with Gasteiger partial charge in [0.1, 0.15) is 5.75 Å². The summed E-state index contributed by atoms with van der Waals surface area (Å²) in [6, 6.07) is 10.2. The molecule has 0 spiro atoms. The minimum atomic E-state index is -0.696. The number of nitrogens with one attached hydrogen (secondary N) is 1. The van der Waals surface area contributed by atoms with Crippen molar-refractivity contribution in [2.24, 2.45) is 5.73 Å². The van der Waals surface area contributed by atoms with E-state index in [1.54, 1.807) is 7.11 Å². The zero-order valence-corrected chi connectivity index (χ0v) is 18.0. The number of nitrogens with zero attached hydrogens (tertiary/aromatic N) is 2. The minimum absolute atomic E-state index is 0.122. The normalized spacial score (nSPS) is 10.5. The number of carbonyl (C=O) groups is 2. The Balaban J connectivity index is 1.59. The van der Waals surface area contributed by atoms with Crippen LogP contribution in [-0.4, -0.2) is 43.3 Å². The van der Waals surface area contributed by atoms with Gasteiger partial charge in [-0.05, 0) is 36.8 Å². The van der Waals surface area contributed by atoms with Gasteiger partial charge in [-0.1, -0.05) is 5.16 Å². The molecule has 168 valence electrons. The molecule has 10 heteroatoms. The zero-order chi connectivity index (χ0) is 23.1. The maximum absolute atomic E-state index is 12.4. The first-order valence-electron chi connectivity index (χ1n) is 9.77. The van der Waals surface area contributed by atoms with E-state index >= 15 is 0 Å². The van der Waals surface area contributed by atoms with E-state index in [9.17, 15) is 9.59 Å². The molecule has 1 heterocycles. The smallest absolute Gasteiger partial charge is 0.250 e. The Bertz CT molecular complexity index is 1090. The van der Waals surface area contributed by atoms with E-state index in [0.29, 0.717) is 36.1 Å². The number of benzene rings is 2. The van der Waals surface area contributed by atoms with Crippen molar-refractivity contribution in [2.75, 3.05) is 26.6 Å². The minimum Gasteiger partial charge on any atom is -0.497 e. The number of ether oxygens (including phenoxy) is 3. The lowest BCUT2D eigenvalue weighted by Gasteiger charge is -2.14. The van der Waals surface area contributed by atoms with Crippen molar-refractivity contribution in [3.63, 3.8) is 0 Å². The average molecular weight is 440 g/mol. The van der Waals surface area contributed by atoms with Crippen LogP contribution >= 0.6 is 0 Å². The van der Waals surface area contributed by atoms with Crippen LogP contribution in [0.15, 0.2) is 40.9 Å². The number of rotatable bonds is 10. The van der Waals surface area contributed by atoms with Crippen LogP contribution in [0.1, 0.15) is 29.1 Å². The lowest BCUT2D eigenvalue weighted by Crippen LogP contribution is -2.18. The highest BCUT2D eigenvalue weighted by Crippen LogP contribution is 2.33. The third-order valence-electron chi connectivity index (χ3n) is 4.67. The van der Waals surface area contributed by atoms with Crippen molar-refractivity contribution < 1.29 is 28.3 Å².